The number of rotatable bonds is 6. The van der Waals surface area contributed by atoms with Crippen LogP contribution in [0.2, 0.25) is 0 Å². The van der Waals surface area contributed by atoms with E-state index in [-0.39, 0.29) is 0 Å². The number of aromatic nitrogens is 1. The van der Waals surface area contributed by atoms with Crippen LogP contribution in [0.3, 0.4) is 0 Å². The molecule has 0 fully saturated rings. The maximum atomic E-state index is 5.94. The third kappa shape index (κ3) is 4.03. The molecule has 4 aromatic carbocycles. The second kappa shape index (κ2) is 9.17. The Morgan fingerprint density at radius 1 is 0.606 bits per heavy atom. The molecule has 5 rings (SSSR count). The first-order chi connectivity index (χ1) is 16.2. The molecular formula is C30H27NOP+. The van der Waals surface area contributed by atoms with Gasteiger partial charge in [0.05, 0.1) is 11.3 Å². The molecule has 0 N–H and O–H groups in total. The fraction of sp³-hybridized carbons (Fsp3) is 0.100. The zero-order valence-corrected chi connectivity index (χ0v) is 19.9. The first kappa shape index (κ1) is 21.4. The van der Waals surface area contributed by atoms with Crippen LogP contribution in [0.4, 0.5) is 0 Å². The first-order valence-electron chi connectivity index (χ1n) is 11.3. The van der Waals surface area contributed by atoms with E-state index in [9.17, 15) is 0 Å². The predicted octanol–water partition coefficient (Wildman–Crippen LogP) is 6.45. The molecule has 0 aliphatic heterocycles. The molecule has 3 heteroatoms. The average Bonchev–Trinajstić information content (AvgIpc) is 3.24. The summed E-state index contributed by atoms with van der Waals surface area (Å²) in [4.78, 5) is 0. The highest BCUT2D eigenvalue weighted by molar-refractivity contribution is 7.95. The van der Waals surface area contributed by atoms with Crippen molar-refractivity contribution in [1.82, 2.24) is 5.16 Å². The van der Waals surface area contributed by atoms with E-state index in [0.29, 0.717) is 0 Å². The molecule has 0 bridgehead atoms. The Morgan fingerprint density at radius 3 is 1.52 bits per heavy atom. The molecule has 0 unspecified atom stereocenters. The zero-order chi connectivity index (χ0) is 22.7. The molecule has 0 amide bonds. The van der Waals surface area contributed by atoms with Crippen LogP contribution in [-0.4, -0.2) is 5.16 Å². The van der Waals surface area contributed by atoms with Gasteiger partial charge in [0.15, 0.2) is 5.76 Å². The van der Waals surface area contributed by atoms with E-state index >= 15 is 0 Å². The van der Waals surface area contributed by atoms with E-state index in [1.165, 1.54) is 27.0 Å². The molecule has 33 heavy (non-hydrogen) atoms. The molecular weight excluding hydrogens is 421 g/mol. The lowest BCUT2D eigenvalue weighted by molar-refractivity contribution is 0.427. The van der Waals surface area contributed by atoms with E-state index in [1.807, 2.05) is 0 Å². The second-order valence-corrected chi connectivity index (χ2v) is 11.9. The van der Waals surface area contributed by atoms with Crippen LogP contribution in [0.5, 0.6) is 0 Å². The smallest absolute Gasteiger partial charge is 0.173 e. The maximum absolute atomic E-state index is 5.94. The minimum atomic E-state index is -2.03. The maximum Gasteiger partial charge on any atom is 0.173 e. The molecule has 162 valence electrons. The van der Waals surface area contributed by atoms with Crippen LogP contribution in [0.15, 0.2) is 120 Å². The Balaban J connectivity index is 1.77. The monoisotopic (exact) mass is 448 g/mol. The molecule has 5 aromatic rings. The standard InChI is InChI=1S/C30H27NOP/c1-23-18-20-25(21-19-23)30-29(24(2)31-32-30)22-33(26-12-6-3-7-13-26,27-14-8-4-9-15-27)28-16-10-5-11-17-28/h3-21H,22H2,1-2H3/q+1. The van der Waals surface area contributed by atoms with E-state index in [4.69, 9.17) is 4.52 Å². The molecule has 0 saturated carbocycles. The summed E-state index contributed by atoms with van der Waals surface area (Å²) in [5.74, 6) is 0.875. The van der Waals surface area contributed by atoms with Crippen molar-refractivity contribution in [2.24, 2.45) is 0 Å². The van der Waals surface area contributed by atoms with Crippen LogP contribution in [0.25, 0.3) is 11.3 Å². The van der Waals surface area contributed by atoms with Crippen molar-refractivity contribution < 1.29 is 4.52 Å². The molecule has 2 nitrogen and oxygen atoms in total. The van der Waals surface area contributed by atoms with Crippen LogP contribution >= 0.6 is 7.26 Å². The Hall–Kier alpha value is -3.48. The largest absolute Gasteiger partial charge is 0.356 e. The van der Waals surface area contributed by atoms with Gasteiger partial charge < -0.3 is 4.52 Å². The van der Waals surface area contributed by atoms with E-state index < -0.39 is 7.26 Å². The molecule has 0 aliphatic rings. The summed E-state index contributed by atoms with van der Waals surface area (Å²) in [7, 11) is -2.03. The van der Waals surface area contributed by atoms with Crippen molar-refractivity contribution in [2.45, 2.75) is 20.0 Å². The minimum Gasteiger partial charge on any atom is -0.356 e. The second-order valence-electron chi connectivity index (χ2n) is 8.42. The lowest BCUT2D eigenvalue weighted by Crippen LogP contribution is -2.32. The van der Waals surface area contributed by atoms with Gasteiger partial charge in [-0.3, -0.25) is 0 Å². The first-order valence-corrected chi connectivity index (χ1v) is 13.2. The summed E-state index contributed by atoms with van der Waals surface area (Å²) in [5, 5.41) is 8.50. The molecule has 0 saturated heterocycles. The van der Waals surface area contributed by atoms with Gasteiger partial charge in [0, 0.05) is 5.56 Å². The third-order valence-electron chi connectivity index (χ3n) is 6.28. The summed E-state index contributed by atoms with van der Waals surface area (Å²) < 4.78 is 5.94. The van der Waals surface area contributed by atoms with Gasteiger partial charge in [0.1, 0.15) is 29.3 Å². The Bertz CT molecular complexity index is 1230. The van der Waals surface area contributed by atoms with Gasteiger partial charge in [0.2, 0.25) is 0 Å². The predicted molar refractivity (Wildman–Crippen MR) is 140 cm³/mol. The highest BCUT2D eigenvalue weighted by Gasteiger charge is 2.47. The van der Waals surface area contributed by atoms with Gasteiger partial charge >= 0.3 is 0 Å². The summed E-state index contributed by atoms with van der Waals surface area (Å²) in [5.41, 5.74) is 4.45. The zero-order valence-electron chi connectivity index (χ0n) is 19.0. The van der Waals surface area contributed by atoms with Crippen molar-refractivity contribution >= 4 is 23.2 Å². The molecule has 0 spiro atoms. The molecule has 1 heterocycles. The van der Waals surface area contributed by atoms with Crippen molar-refractivity contribution in [1.29, 1.82) is 0 Å². The molecule has 1 aromatic heterocycles. The number of hydrogen-bond acceptors (Lipinski definition) is 2. The van der Waals surface area contributed by atoms with E-state index in [0.717, 1.165) is 23.2 Å². The van der Waals surface area contributed by atoms with Gasteiger partial charge in [0.25, 0.3) is 0 Å². The van der Waals surface area contributed by atoms with Gasteiger partial charge in [-0.15, -0.1) is 0 Å². The molecule has 0 aliphatic carbocycles. The SMILES string of the molecule is Cc1ccc(-c2onc(C)c2C[P+](c2ccccc2)(c2ccccc2)c2ccccc2)cc1. The molecule has 0 radical (unpaired) electrons. The van der Waals surface area contributed by atoms with Crippen LogP contribution in [0.1, 0.15) is 16.8 Å². The topological polar surface area (TPSA) is 26.0 Å². The number of aryl methyl sites for hydroxylation is 2. The fourth-order valence-electron chi connectivity index (χ4n) is 4.51. The van der Waals surface area contributed by atoms with Gasteiger partial charge in [-0.25, -0.2) is 0 Å². The van der Waals surface area contributed by atoms with Crippen LogP contribution in [-0.2, 0) is 6.16 Å². The van der Waals surface area contributed by atoms with Gasteiger partial charge in [-0.1, -0.05) is 89.6 Å². The number of nitrogens with zero attached hydrogens (tertiary/aromatic N) is 1. The lowest BCUT2D eigenvalue weighted by Gasteiger charge is -2.27. The van der Waals surface area contributed by atoms with Crippen molar-refractivity contribution in [3.05, 3.63) is 132 Å². The van der Waals surface area contributed by atoms with Gasteiger partial charge in [-0.2, -0.15) is 0 Å². The van der Waals surface area contributed by atoms with Crippen molar-refractivity contribution in [2.75, 3.05) is 0 Å². The quantitative estimate of drug-likeness (QED) is 0.279. The third-order valence-corrected chi connectivity index (χ3v) is 10.6. The molecule has 0 atom stereocenters. The van der Waals surface area contributed by atoms with Crippen molar-refractivity contribution in [3.8, 4) is 11.3 Å². The van der Waals surface area contributed by atoms with E-state index in [2.05, 4.69) is 134 Å². The summed E-state index contributed by atoms with van der Waals surface area (Å²) in [6.07, 6.45) is 0.851. The van der Waals surface area contributed by atoms with Crippen LogP contribution in [0, 0.1) is 13.8 Å². The Kier molecular flexibility index (Phi) is 5.94. The lowest BCUT2D eigenvalue weighted by atomic mass is 10.1. The summed E-state index contributed by atoms with van der Waals surface area (Å²) in [6.45, 7) is 4.17. The normalized spacial score (nSPS) is 11.5. The average molecular weight is 449 g/mol. The highest BCUT2D eigenvalue weighted by atomic mass is 31.2. The van der Waals surface area contributed by atoms with Crippen LogP contribution < -0.4 is 15.9 Å². The summed E-state index contributed by atoms with van der Waals surface area (Å²) >= 11 is 0. The fourth-order valence-corrected chi connectivity index (χ4v) is 8.84. The number of benzene rings is 4. The Morgan fingerprint density at radius 2 is 1.06 bits per heavy atom. The van der Waals surface area contributed by atoms with E-state index in [1.54, 1.807) is 0 Å². The Labute approximate surface area is 196 Å². The summed E-state index contributed by atoms with van der Waals surface area (Å²) in [6, 6.07) is 41.4. The van der Waals surface area contributed by atoms with Crippen molar-refractivity contribution in [3.63, 3.8) is 0 Å². The minimum absolute atomic E-state index is 0.851. The van der Waals surface area contributed by atoms with Gasteiger partial charge in [-0.05, 0) is 50.2 Å². The number of hydrogen-bond donors (Lipinski definition) is 0. The highest BCUT2D eigenvalue weighted by Crippen LogP contribution is 2.59.